The summed E-state index contributed by atoms with van der Waals surface area (Å²) in [6, 6.07) is 9.19. The summed E-state index contributed by atoms with van der Waals surface area (Å²) in [5, 5.41) is 122. The number of carbonyl (C=O) groups excluding carboxylic acids is 4. The molecule has 0 spiro atoms. The van der Waals surface area contributed by atoms with Crippen LogP contribution < -0.4 is 0 Å². The van der Waals surface area contributed by atoms with Crippen molar-refractivity contribution < 1.29 is 132 Å². The Morgan fingerprint density at radius 3 is 1.89 bits per heavy atom. The Bertz CT molecular complexity index is 2890. The Hall–Kier alpha value is -4.18. The summed E-state index contributed by atoms with van der Waals surface area (Å²) in [4.78, 5) is 54.5. The maximum Gasteiger partial charge on any atom is 0.337 e. The predicted octanol–water partition coefficient (Wildman–Crippen LogP) is 0.215. The van der Waals surface area contributed by atoms with E-state index in [0.29, 0.717) is 38.5 Å². The summed E-state index contributed by atoms with van der Waals surface area (Å²) in [6.07, 6.45) is -28.6. The van der Waals surface area contributed by atoms with Crippen LogP contribution in [0.5, 0.6) is 0 Å². The number of allylic oxidation sites excluding steroid dienone is 2. The summed E-state index contributed by atoms with van der Waals surface area (Å²) in [5.74, 6) is -3.79. The molecule has 522 valence electrons. The maximum atomic E-state index is 13.8. The third kappa shape index (κ3) is 12.7. The molecular formula is C66H96O27. The van der Waals surface area contributed by atoms with Crippen LogP contribution in [-0.2, 0) is 76.0 Å². The molecule has 11 N–H and O–H groups in total. The highest BCUT2D eigenvalue weighted by atomic mass is 16.8. The van der Waals surface area contributed by atoms with E-state index in [1.807, 2.05) is 44.2 Å². The molecule has 0 bridgehead atoms. The number of hydrogen-bond acceptors (Lipinski definition) is 27. The van der Waals surface area contributed by atoms with E-state index < -0.39 is 224 Å². The van der Waals surface area contributed by atoms with Crippen molar-refractivity contribution in [2.24, 2.45) is 50.2 Å². The van der Waals surface area contributed by atoms with Gasteiger partial charge < -0.3 is 113 Å². The lowest BCUT2D eigenvalue weighted by Gasteiger charge is -2.72. The van der Waals surface area contributed by atoms with Gasteiger partial charge in [-0.05, 0) is 96.0 Å². The van der Waals surface area contributed by atoms with Crippen molar-refractivity contribution in [2.45, 2.75) is 242 Å². The first kappa shape index (κ1) is 71.6. The summed E-state index contributed by atoms with van der Waals surface area (Å²) in [6.45, 7) is 14.8. The maximum absolute atomic E-state index is 13.8. The molecule has 5 aliphatic carbocycles. The average Bonchev–Trinajstić information content (AvgIpc) is 0.670. The highest BCUT2D eigenvalue weighted by Gasteiger charge is 2.75. The topological polar surface area (TPSA) is 402 Å². The van der Waals surface area contributed by atoms with Gasteiger partial charge in [-0.2, -0.15) is 0 Å². The number of methoxy groups -OCH3 is 1. The molecule has 1 aromatic rings. The molecule has 4 aliphatic heterocycles. The molecule has 29 unspecified atom stereocenters. The molecule has 27 nitrogen and oxygen atoms in total. The van der Waals surface area contributed by atoms with Gasteiger partial charge in [0.2, 0.25) is 0 Å². The van der Waals surface area contributed by atoms with E-state index in [1.54, 1.807) is 6.08 Å². The van der Waals surface area contributed by atoms with Crippen molar-refractivity contribution in [2.75, 3.05) is 33.5 Å². The van der Waals surface area contributed by atoms with Gasteiger partial charge in [-0.3, -0.25) is 9.59 Å². The van der Waals surface area contributed by atoms with Gasteiger partial charge in [-0.15, -0.1) is 0 Å². The normalized spacial score (nSPS) is 46.9. The Balaban J connectivity index is 0.976. The molecule has 4 saturated carbocycles. The molecule has 93 heavy (non-hydrogen) atoms. The first-order chi connectivity index (χ1) is 43.7. The summed E-state index contributed by atoms with van der Waals surface area (Å²) in [5.41, 5.74) is -3.01. The van der Waals surface area contributed by atoms with E-state index in [2.05, 4.69) is 40.7 Å². The summed E-state index contributed by atoms with van der Waals surface area (Å²) in [7, 11) is 1.04. The lowest BCUT2D eigenvalue weighted by Crippen LogP contribution is -2.73. The van der Waals surface area contributed by atoms with Crippen LogP contribution in [-0.4, -0.2) is 249 Å². The number of benzene rings is 1. The fourth-order valence-electron chi connectivity index (χ4n) is 18.1. The van der Waals surface area contributed by atoms with Crippen LogP contribution in [0.1, 0.15) is 113 Å². The van der Waals surface area contributed by atoms with E-state index in [0.717, 1.165) is 18.2 Å². The zero-order chi connectivity index (χ0) is 67.8. The molecular weight excluding hydrogens is 1220 g/mol. The van der Waals surface area contributed by atoms with Crippen LogP contribution in [0, 0.1) is 50.2 Å². The zero-order valence-electron chi connectivity index (χ0n) is 54.3. The van der Waals surface area contributed by atoms with Gasteiger partial charge in [-0.1, -0.05) is 90.4 Å². The third-order valence-electron chi connectivity index (χ3n) is 23.2. The smallest absolute Gasteiger partial charge is 0.337 e. The minimum Gasteiger partial charge on any atom is -0.467 e. The highest BCUT2D eigenvalue weighted by molar-refractivity contribution is 5.87. The van der Waals surface area contributed by atoms with Gasteiger partial charge >= 0.3 is 23.9 Å². The molecule has 0 aromatic heterocycles. The van der Waals surface area contributed by atoms with Crippen molar-refractivity contribution in [3.63, 3.8) is 0 Å². The zero-order valence-corrected chi connectivity index (χ0v) is 54.3. The first-order valence-electron chi connectivity index (χ1n) is 32.3. The standard InChI is InChI=1S/C66H96O27/c1-30(69)85-41-25-65(9)33(34-24-61(3,4)54(55(86-31(2)70)66(34,41)29-68)89-42(73)19-16-32-14-12-11-13-15-32)17-18-39-63(7)22-21-40(62(5,6)38(63)20-23-64(39,65)8)88-60-53(93-58-48(79)46(77)45(76)37(26-67)87-58)50(49(80)51(91-60)56(81)82-10)90-59-52(44(75)36(72)28-84-59)92-57-47(78)43(74)35(71)27-83-57/h11-17,19,34-41,43-55,57-60,67-68,71-72,74-80H,18,20-29H2,1-10H3. The highest BCUT2D eigenvalue weighted by Crippen LogP contribution is 2.76. The number of hydrogen-bond donors (Lipinski definition) is 11. The summed E-state index contributed by atoms with van der Waals surface area (Å²) >= 11 is 0. The molecule has 27 heteroatoms. The minimum atomic E-state index is -2.10. The molecule has 0 amide bonds. The second-order valence-corrected chi connectivity index (χ2v) is 29.2. The number of aliphatic hydroxyl groups excluding tert-OH is 11. The number of ether oxygens (including phenoxy) is 12. The van der Waals surface area contributed by atoms with E-state index in [4.69, 9.17) is 56.8 Å². The number of fused-ring (bicyclic) bond motifs is 7. The fourth-order valence-corrected chi connectivity index (χ4v) is 18.1. The SMILES string of the molecule is COC(=O)C1OC(OC2CCC3(C)C(CCC4(C)C3CC=C3C5CC(C)(C)C(OC(=O)C=Cc6ccccc6)C(OC(C)=O)C5(CO)C(OC(C)=O)CC34C)C2(C)C)C(OC2OC(CO)C(O)C(O)C2O)C(OC2OCC(O)C(O)C2OC2OCC(O)C(O)C2O)C1O. The molecule has 0 radical (unpaired) electrons. The van der Waals surface area contributed by atoms with Crippen molar-refractivity contribution in [3.05, 3.63) is 53.6 Å². The second kappa shape index (κ2) is 27.3. The number of esters is 4. The molecule has 8 fully saturated rings. The van der Waals surface area contributed by atoms with E-state index in [9.17, 15) is 75.3 Å². The van der Waals surface area contributed by atoms with Crippen molar-refractivity contribution in [1.29, 1.82) is 0 Å². The van der Waals surface area contributed by atoms with Gasteiger partial charge in [0.05, 0.1) is 45.1 Å². The first-order valence-corrected chi connectivity index (χ1v) is 32.3. The largest absolute Gasteiger partial charge is 0.467 e. The fraction of sp³-hybridized carbons (Fsp3) is 0.788. The molecule has 10 rings (SSSR count). The van der Waals surface area contributed by atoms with Crippen LogP contribution in [0.4, 0.5) is 0 Å². The Morgan fingerprint density at radius 2 is 1.25 bits per heavy atom. The Labute approximate surface area is 540 Å². The van der Waals surface area contributed by atoms with Gasteiger partial charge in [0.1, 0.15) is 91.6 Å². The lowest BCUT2D eigenvalue weighted by molar-refractivity contribution is -0.399. The van der Waals surface area contributed by atoms with Crippen molar-refractivity contribution in [1.82, 2.24) is 0 Å². The number of carbonyl (C=O) groups is 4. The van der Waals surface area contributed by atoms with Crippen molar-refractivity contribution in [3.8, 4) is 0 Å². The minimum absolute atomic E-state index is 0.0406. The lowest BCUT2D eigenvalue weighted by atomic mass is 9.33. The third-order valence-corrected chi connectivity index (χ3v) is 23.2. The molecule has 9 aliphatic rings. The monoisotopic (exact) mass is 1320 g/mol. The average molecular weight is 1320 g/mol. The van der Waals surface area contributed by atoms with Gasteiger partial charge in [0.25, 0.3) is 0 Å². The Kier molecular flexibility index (Phi) is 21.0. The summed E-state index contributed by atoms with van der Waals surface area (Å²) < 4.78 is 73.6. The molecule has 1 aromatic carbocycles. The van der Waals surface area contributed by atoms with Gasteiger partial charge in [-0.25, -0.2) is 9.59 Å². The van der Waals surface area contributed by atoms with Crippen LogP contribution in [0.2, 0.25) is 0 Å². The quantitative estimate of drug-likeness (QED) is 0.0347. The van der Waals surface area contributed by atoms with E-state index >= 15 is 0 Å². The van der Waals surface area contributed by atoms with Crippen LogP contribution in [0.15, 0.2) is 48.1 Å². The van der Waals surface area contributed by atoms with Gasteiger partial charge in [0, 0.05) is 25.3 Å². The van der Waals surface area contributed by atoms with Crippen LogP contribution in [0.3, 0.4) is 0 Å². The molecule has 4 saturated heterocycles. The van der Waals surface area contributed by atoms with Gasteiger partial charge in [0.15, 0.2) is 37.4 Å². The number of aliphatic hydroxyl groups is 11. The Morgan fingerprint density at radius 1 is 0.613 bits per heavy atom. The predicted molar refractivity (Wildman–Crippen MR) is 318 cm³/mol. The molecule has 4 heterocycles. The van der Waals surface area contributed by atoms with Crippen molar-refractivity contribution >= 4 is 30.0 Å². The number of rotatable bonds is 16. The second-order valence-electron chi connectivity index (χ2n) is 29.2. The van der Waals surface area contributed by atoms with Crippen LogP contribution in [0.25, 0.3) is 6.08 Å². The van der Waals surface area contributed by atoms with E-state index in [1.165, 1.54) is 19.9 Å². The van der Waals surface area contributed by atoms with E-state index in [-0.39, 0.29) is 18.3 Å². The molecule has 29 atom stereocenters. The van der Waals surface area contributed by atoms with Crippen LogP contribution >= 0.6 is 0 Å².